The number of rotatable bonds is 7. The quantitative estimate of drug-likeness (QED) is 0.124. The summed E-state index contributed by atoms with van der Waals surface area (Å²) in [6.45, 7) is 2.99. The van der Waals surface area contributed by atoms with E-state index in [1.165, 1.54) is 0 Å². The summed E-state index contributed by atoms with van der Waals surface area (Å²) in [6.07, 6.45) is -3.16. The largest absolute Gasteiger partial charge is 0.394 e. The normalized spacial score (nSPS) is 34.7. The molecule has 11 heteroatoms. The molecule has 0 bridgehead atoms. The number of ether oxygens (including phenoxy) is 1. The predicted molar refractivity (Wildman–Crippen MR) is 87.2 cm³/mol. The molecule has 1 aliphatic rings. The smallest absolute Gasteiger partial charge is 0.261 e. The highest BCUT2D eigenvalue weighted by atomic mass is 32.2. The highest BCUT2D eigenvalue weighted by Gasteiger charge is 2.44. The van der Waals surface area contributed by atoms with E-state index in [1.54, 1.807) is 6.08 Å². The molecule has 1 aliphatic heterocycles. The van der Waals surface area contributed by atoms with Gasteiger partial charge in [0.15, 0.2) is 0 Å². The van der Waals surface area contributed by atoms with Crippen LogP contribution in [-0.4, -0.2) is 76.6 Å². The molecule has 1 heterocycles. The molecule has 0 aromatic carbocycles. The van der Waals surface area contributed by atoms with Gasteiger partial charge in [0.05, 0.1) is 6.61 Å². The van der Waals surface area contributed by atoms with Crippen molar-refractivity contribution in [3.63, 3.8) is 0 Å². The number of allylic oxidation sites excluding steroid dienone is 1. The molecule has 0 aromatic rings. The van der Waals surface area contributed by atoms with E-state index in [4.69, 9.17) is 14.4 Å². The highest BCUT2D eigenvalue weighted by Crippen LogP contribution is 2.30. The van der Waals surface area contributed by atoms with E-state index in [1.807, 2.05) is 0 Å². The van der Waals surface area contributed by atoms with Gasteiger partial charge in [-0.1, -0.05) is 23.0 Å². The molecular formula is C12H21NO8S2. The Hall–Kier alpha value is -0.660. The van der Waals surface area contributed by atoms with Crippen molar-refractivity contribution in [3.8, 4) is 0 Å². The lowest BCUT2D eigenvalue weighted by Crippen LogP contribution is -2.57. The Morgan fingerprint density at radius 1 is 1.35 bits per heavy atom. The molecule has 3 unspecified atom stereocenters. The number of hydrogen-bond acceptors (Lipinski definition) is 9. The van der Waals surface area contributed by atoms with Gasteiger partial charge in [-0.25, -0.2) is 0 Å². The van der Waals surface area contributed by atoms with E-state index in [0.29, 0.717) is 6.42 Å². The zero-order valence-electron chi connectivity index (χ0n) is 12.2. The average Bonchev–Trinajstić information content (AvgIpc) is 2.49. The van der Waals surface area contributed by atoms with Crippen molar-refractivity contribution in [1.29, 1.82) is 0 Å². The van der Waals surface area contributed by atoms with E-state index in [0.717, 1.165) is 11.8 Å². The fraction of sp³-hybridized carbons (Fsp3) is 0.667. The van der Waals surface area contributed by atoms with E-state index in [9.17, 15) is 19.5 Å². The average molecular weight is 371 g/mol. The van der Waals surface area contributed by atoms with Gasteiger partial charge in [-0.2, -0.15) is 4.21 Å². The minimum absolute atomic E-state index is 0.194. The van der Waals surface area contributed by atoms with Crippen LogP contribution in [0.5, 0.6) is 0 Å². The van der Waals surface area contributed by atoms with Gasteiger partial charge in [0.1, 0.15) is 34.9 Å². The van der Waals surface area contributed by atoms with Crippen molar-refractivity contribution < 1.29 is 38.2 Å². The second kappa shape index (κ2) is 8.99. The second-order valence-corrected chi connectivity index (χ2v) is 7.27. The highest BCUT2D eigenvalue weighted by molar-refractivity contribution is 8.14. The van der Waals surface area contributed by atoms with Gasteiger partial charge in [-0.3, -0.25) is 8.84 Å². The fourth-order valence-corrected chi connectivity index (χ4v) is 3.09. The third kappa shape index (κ3) is 6.39. The Bertz CT molecular complexity index is 521. The van der Waals surface area contributed by atoms with Crippen molar-refractivity contribution in [2.75, 3.05) is 6.61 Å². The first-order valence-electron chi connectivity index (χ1n) is 6.62. The maximum Gasteiger partial charge on any atom is 0.261 e. The predicted octanol–water partition coefficient (Wildman–Crippen LogP) is -1.08. The molecule has 9 nitrogen and oxygen atoms in total. The summed E-state index contributed by atoms with van der Waals surface area (Å²) in [5.41, 5.74) is -1.06. The van der Waals surface area contributed by atoms with Crippen LogP contribution in [0.25, 0.3) is 0 Å². The minimum Gasteiger partial charge on any atom is -0.394 e. The van der Waals surface area contributed by atoms with E-state index >= 15 is 0 Å². The van der Waals surface area contributed by atoms with Crippen LogP contribution in [0, 0.1) is 0 Å². The van der Waals surface area contributed by atoms with Crippen molar-refractivity contribution in [2.45, 2.75) is 42.7 Å². The lowest BCUT2D eigenvalue weighted by Gasteiger charge is -2.39. The fourth-order valence-electron chi connectivity index (χ4n) is 1.75. The van der Waals surface area contributed by atoms with Crippen LogP contribution in [0.15, 0.2) is 17.8 Å². The van der Waals surface area contributed by atoms with Crippen LogP contribution in [0.2, 0.25) is 0 Å². The van der Waals surface area contributed by atoms with Gasteiger partial charge in [0.2, 0.25) is 0 Å². The lowest BCUT2D eigenvalue weighted by molar-refractivity contribution is -0.205. The number of hydrogen-bond donors (Lipinski definition) is 5. The zero-order chi connectivity index (χ0) is 17.6. The maximum atomic E-state index is 11.0. The van der Waals surface area contributed by atoms with Crippen molar-refractivity contribution in [2.24, 2.45) is 5.16 Å². The molecule has 0 aliphatic carbocycles. The molecule has 0 spiro atoms. The van der Waals surface area contributed by atoms with Gasteiger partial charge < -0.3 is 25.2 Å². The van der Waals surface area contributed by atoms with Gasteiger partial charge in [-0.05, 0) is 6.42 Å². The number of oxime groups is 1. The van der Waals surface area contributed by atoms with Crippen molar-refractivity contribution >= 4 is 32.8 Å². The topological polar surface area (TPSA) is 149 Å². The van der Waals surface area contributed by atoms with E-state index in [-0.39, 0.29) is 11.5 Å². The van der Waals surface area contributed by atoms with Gasteiger partial charge >= 0.3 is 0 Å². The van der Waals surface area contributed by atoms with Crippen molar-refractivity contribution in [1.82, 2.24) is 0 Å². The first-order valence-corrected chi connectivity index (χ1v) is 9.11. The molecular weight excluding hydrogens is 350 g/mol. The summed E-state index contributed by atoms with van der Waals surface area (Å²) in [5, 5.41) is 42.2. The van der Waals surface area contributed by atoms with Crippen molar-refractivity contribution in [3.05, 3.63) is 12.7 Å². The SMILES string of the molecule is C=CCC/C(=N\OS(=C)(=O)O)S[C@@H]1OC(CO)[C@@H](O)[C@H](O)C1O. The van der Waals surface area contributed by atoms with E-state index in [2.05, 4.69) is 21.9 Å². The summed E-state index contributed by atoms with van der Waals surface area (Å²) in [5.74, 6) is 2.87. The van der Waals surface area contributed by atoms with Crippen LogP contribution in [-0.2, 0) is 19.1 Å². The number of aliphatic hydroxyl groups excluding tert-OH is 4. The molecule has 0 radical (unpaired) electrons. The van der Waals surface area contributed by atoms with Crippen LogP contribution in [0.4, 0.5) is 0 Å². The number of aliphatic hydroxyl groups is 4. The molecule has 0 amide bonds. The first-order chi connectivity index (χ1) is 10.7. The van der Waals surface area contributed by atoms with Gasteiger partial charge in [0, 0.05) is 12.3 Å². The third-order valence-corrected chi connectivity index (χ3v) is 4.40. The third-order valence-electron chi connectivity index (χ3n) is 2.92. The Balaban J connectivity index is 2.86. The van der Waals surface area contributed by atoms with Crippen LogP contribution < -0.4 is 0 Å². The summed E-state index contributed by atoms with van der Waals surface area (Å²) in [6, 6.07) is 0. The van der Waals surface area contributed by atoms with Crippen LogP contribution in [0.1, 0.15) is 12.8 Å². The Kier molecular flexibility index (Phi) is 7.97. The Morgan fingerprint density at radius 2 is 2.00 bits per heavy atom. The summed E-state index contributed by atoms with van der Waals surface area (Å²) >= 11 is 0.838. The standard InChI is InChI=1S/C12H21NO8S2/c1-3-4-5-8(13-21-23(2,18)19)22-12-11(17)10(16)9(15)7(6-14)20-12/h3,7,9-12,14-17H,1-2,4-6H2,(H,18,19)/b13-8+/t7?,9-,10+,11?,12+/m1/s1. The molecule has 0 aromatic heterocycles. The molecule has 0 saturated carbocycles. The molecule has 134 valence electrons. The monoisotopic (exact) mass is 371 g/mol. The molecule has 1 saturated heterocycles. The van der Waals surface area contributed by atoms with Crippen LogP contribution in [0.3, 0.4) is 0 Å². The second-order valence-electron chi connectivity index (χ2n) is 4.78. The first kappa shape index (κ1) is 20.4. The number of nitrogens with zero attached hydrogens (tertiary/aromatic N) is 1. The molecule has 1 rings (SSSR count). The van der Waals surface area contributed by atoms with Crippen LogP contribution >= 0.6 is 11.8 Å². The lowest BCUT2D eigenvalue weighted by atomic mass is 10.0. The molecule has 1 fully saturated rings. The zero-order valence-corrected chi connectivity index (χ0v) is 13.9. The van der Waals surface area contributed by atoms with Gasteiger partial charge in [-0.15, -0.1) is 6.58 Å². The summed E-state index contributed by atoms with van der Waals surface area (Å²) in [7, 11) is -3.79. The number of thioether (sulfide) groups is 1. The molecule has 6 atom stereocenters. The minimum atomic E-state index is -3.79. The van der Waals surface area contributed by atoms with Gasteiger partial charge in [0.25, 0.3) is 10.1 Å². The Labute approximate surface area is 138 Å². The summed E-state index contributed by atoms with van der Waals surface area (Å²) < 4.78 is 29.7. The Morgan fingerprint density at radius 3 is 2.52 bits per heavy atom. The van der Waals surface area contributed by atoms with E-state index < -0.39 is 46.5 Å². The molecule has 5 N–H and O–H groups in total. The maximum absolute atomic E-state index is 11.0. The summed E-state index contributed by atoms with van der Waals surface area (Å²) in [4.78, 5) is 0. The molecule has 23 heavy (non-hydrogen) atoms.